The zero-order chi connectivity index (χ0) is 19.7. The zero-order valence-electron chi connectivity index (χ0n) is 15.1. The highest BCUT2D eigenvalue weighted by Crippen LogP contribution is 2.36. The van der Waals surface area contributed by atoms with Crippen molar-refractivity contribution >= 4 is 10.8 Å². The third-order valence-electron chi connectivity index (χ3n) is 5.01. The Morgan fingerprint density at radius 3 is 1.14 bits per heavy atom. The maximum absolute atomic E-state index is 10.5. The molecular weight excluding hydrogens is 352 g/mol. The van der Waals surface area contributed by atoms with Crippen molar-refractivity contribution in [2.75, 3.05) is 0 Å². The van der Waals surface area contributed by atoms with E-state index in [4.69, 9.17) is 0 Å². The van der Waals surface area contributed by atoms with Crippen molar-refractivity contribution in [3.63, 3.8) is 0 Å². The van der Waals surface area contributed by atoms with Crippen LogP contribution in [0.5, 0.6) is 23.0 Å². The van der Waals surface area contributed by atoms with Crippen LogP contribution in [0, 0.1) is 0 Å². The minimum atomic E-state index is 0.196. The Balaban J connectivity index is 1.80. The summed E-state index contributed by atoms with van der Waals surface area (Å²) < 4.78 is 0. The summed E-state index contributed by atoms with van der Waals surface area (Å²) in [5, 5.41) is 41.6. The summed E-state index contributed by atoms with van der Waals surface area (Å²) in [6, 6.07) is 20.7. The average molecular weight is 372 g/mol. The van der Waals surface area contributed by atoms with Crippen molar-refractivity contribution in [2.24, 2.45) is 0 Å². The first-order chi connectivity index (χ1) is 13.5. The van der Waals surface area contributed by atoms with Gasteiger partial charge in [0.15, 0.2) is 0 Å². The van der Waals surface area contributed by atoms with Crippen LogP contribution in [0.15, 0.2) is 72.8 Å². The van der Waals surface area contributed by atoms with Crippen LogP contribution in [-0.2, 0) is 12.8 Å². The summed E-state index contributed by atoms with van der Waals surface area (Å²) in [6.07, 6.45) is 1.01. The SMILES string of the molecule is Oc1ccc(Cc2c(O)ccc3c(Cc4ccc(O)cc4)c(O)ccc23)cc1. The van der Waals surface area contributed by atoms with E-state index in [-0.39, 0.29) is 23.0 Å². The number of phenolic OH excluding ortho intramolecular Hbond substituents is 4. The molecule has 0 aromatic heterocycles. The molecule has 0 spiro atoms. The van der Waals surface area contributed by atoms with Crippen molar-refractivity contribution in [1.82, 2.24) is 0 Å². The van der Waals surface area contributed by atoms with Gasteiger partial charge in [0.25, 0.3) is 0 Å². The highest BCUT2D eigenvalue weighted by Gasteiger charge is 2.14. The zero-order valence-corrected chi connectivity index (χ0v) is 15.1. The molecule has 4 heteroatoms. The third-order valence-corrected chi connectivity index (χ3v) is 5.01. The van der Waals surface area contributed by atoms with Crippen molar-refractivity contribution in [3.8, 4) is 23.0 Å². The van der Waals surface area contributed by atoms with Gasteiger partial charge in [0.1, 0.15) is 23.0 Å². The monoisotopic (exact) mass is 372 g/mol. The van der Waals surface area contributed by atoms with Gasteiger partial charge in [0.2, 0.25) is 0 Å². The molecule has 4 N–H and O–H groups in total. The Morgan fingerprint density at radius 1 is 0.429 bits per heavy atom. The van der Waals surface area contributed by atoms with Gasteiger partial charge < -0.3 is 20.4 Å². The van der Waals surface area contributed by atoms with Crippen LogP contribution in [-0.4, -0.2) is 20.4 Å². The van der Waals surface area contributed by atoms with Crippen molar-refractivity contribution in [3.05, 3.63) is 95.1 Å². The lowest BCUT2D eigenvalue weighted by Crippen LogP contribution is -1.95. The summed E-state index contributed by atoms with van der Waals surface area (Å²) in [4.78, 5) is 0. The van der Waals surface area contributed by atoms with Crippen LogP contribution in [0.3, 0.4) is 0 Å². The Kier molecular flexibility index (Phi) is 4.53. The fourth-order valence-corrected chi connectivity index (χ4v) is 3.51. The van der Waals surface area contributed by atoms with Gasteiger partial charge in [-0.15, -0.1) is 0 Å². The third kappa shape index (κ3) is 3.45. The maximum atomic E-state index is 10.5. The van der Waals surface area contributed by atoms with Crippen LogP contribution in [0.25, 0.3) is 10.8 Å². The van der Waals surface area contributed by atoms with Crippen LogP contribution in [0.2, 0.25) is 0 Å². The summed E-state index contributed by atoms with van der Waals surface area (Å²) in [5.41, 5.74) is 3.48. The maximum Gasteiger partial charge on any atom is 0.119 e. The molecule has 0 aliphatic rings. The van der Waals surface area contributed by atoms with Gasteiger partial charge in [-0.05, 0) is 58.3 Å². The second-order valence-electron chi connectivity index (χ2n) is 6.91. The van der Waals surface area contributed by atoms with Gasteiger partial charge in [0, 0.05) is 24.0 Å². The van der Waals surface area contributed by atoms with E-state index in [1.54, 1.807) is 36.4 Å². The highest BCUT2D eigenvalue weighted by atomic mass is 16.3. The van der Waals surface area contributed by atoms with E-state index in [0.29, 0.717) is 12.8 Å². The largest absolute Gasteiger partial charge is 0.508 e. The molecule has 0 aliphatic carbocycles. The molecule has 0 fully saturated rings. The molecular formula is C24H20O4. The number of phenols is 4. The summed E-state index contributed by atoms with van der Waals surface area (Å²) in [7, 11) is 0. The predicted octanol–water partition coefficient (Wildman–Crippen LogP) is 4.84. The Morgan fingerprint density at radius 2 is 0.786 bits per heavy atom. The van der Waals surface area contributed by atoms with Crippen LogP contribution >= 0.6 is 0 Å². The van der Waals surface area contributed by atoms with Crippen molar-refractivity contribution < 1.29 is 20.4 Å². The molecule has 0 atom stereocenters. The molecule has 140 valence electrons. The number of hydrogen-bond donors (Lipinski definition) is 4. The van der Waals surface area contributed by atoms with Crippen LogP contribution in [0.1, 0.15) is 22.3 Å². The van der Waals surface area contributed by atoms with Gasteiger partial charge in [-0.3, -0.25) is 0 Å². The molecule has 0 unspecified atom stereocenters. The van der Waals surface area contributed by atoms with Gasteiger partial charge in [-0.2, -0.15) is 0 Å². The van der Waals surface area contributed by atoms with Crippen LogP contribution < -0.4 is 0 Å². The van der Waals surface area contributed by atoms with Gasteiger partial charge in [0.05, 0.1) is 0 Å². The van der Waals surface area contributed by atoms with E-state index < -0.39 is 0 Å². The van der Waals surface area contributed by atoms with E-state index in [0.717, 1.165) is 33.0 Å². The Hall–Kier alpha value is -3.66. The minimum absolute atomic E-state index is 0.196. The molecule has 0 heterocycles. The molecule has 0 radical (unpaired) electrons. The highest BCUT2D eigenvalue weighted by molar-refractivity contribution is 5.92. The summed E-state index contributed by atoms with van der Waals surface area (Å²) in [5.74, 6) is 0.794. The number of fused-ring (bicyclic) bond motifs is 1. The smallest absolute Gasteiger partial charge is 0.119 e. The number of hydrogen-bond acceptors (Lipinski definition) is 4. The molecule has 0 saturated carbocycles. The van der Waals surface area contributed by atoms with E-state index in [1.807, 2.05) is 36.4 Å². The molecule has 0 aliphatic heterocycles. The lowest BCUT2D eigenvalue weighted by molar-refractivity contribution is 0.468. The molecule has 0 amide bonds. The lowest BCUT2D eigenvalue weighted by atomic mass is 9.92. The van der Waals surface area contributed by atoms with E-state index in [9.17, 15) is 20.4 Å². The standard InChI is InChI=1S/C24H20O4/c25-17-5-1-15(2-6-17)13-21-19-9-12-24(28)22(20(19)10-11-23(21)27)14-16-3-7-18(26)8-4-16/h1-12,25-28H,13-14H2. The molecule has 4 nitrogen and oxygen atoms in total. The molecule has 4 rings (SSSR count). The Labute approximate surface area is 162 Å². The van der Waals surface area contributed by atoms with E-state index >= 15 is 0 Å². The lowest BCUT2D eigenvalue weighted by Gasteiger charge is -2.14. The first-order valence-electron chi connectivity index (χ1n) is 9.02. The fraction of sp³-hybridized carbons (Fsp3) is 0.0833. The topological polar surface area (TPSA) is 80.9 Å². The number of rotatable bonds is 4. The first-order valence-corrected chi connectivity index (χ1v) is 9.02. The number of aromatic hydroxyl groups is 4. The molecule has 4 aromatic rings. The quantitative estimate of drug-likeness (QED) is 0.413. The van der Waals surface area contributed by atoms with Crippen molar-refractivity contribution in [2.45, 2.75) is 12.8 Å². The molecule has 0 bridgehead atoms. The van der Waals surface area contributed by atoms with Crippen molar-refractivity contribution in [1.29, 1.82) is 0 Å². The van der Waals surface area contributed by atoms with E-state index in [2.05, 4.69) is 0 Å². The van der Waals surface area contributed by atoms with Crippen LogP contribution in [0.4, 0.5) is 0 Å². The molecule has 28 heavy (non-hydrogen) atoms. The predicted molar refractivity (Wildman–Crippen MR) is 109 cm³/mol. The second kappa shape index (κ2) is 7.16. The number of benzene rings is 4. The van der Waals surface area contributed by atoms with Gasteiger partial charge in [-0.25, -0.2) is 0 Å². The average Bonchev–Trinajstić information content (AvgIpc) is 2.69. The fourth-order valence-electron chi connectivity index (χ4n) is 3.51. The molecule has 4 aromatic carbocycles. The summed E-state index contributed by atoms with van der Waals surface area (Å²) >= 11 is 0. The Bertz CT molecular complexity index is 1040. The van der Waals surface area contributed by atoms with E-state index in [1.165, 1.54) is 0 Å². The summed E-state index contributed by atoms with van der Waals surface area (Å²) in [6.45, 7) is 0. The molecule has 0 saturated heterocycles. The van der Waals surface area contributed by atoms with Gasteiger partial charge in [-0.1, -0.05) is 36.4 Å². The second-order valence-corrected chi connectivity index (χ2v) is 6.91. The normalized spacial score (nSPS) is 11.0. The first kappa shape index (κ1) is 17.7. The minimum Gasteiger partial charge on any atom is -0.508 e. The van der Waals surface area contributed by atoms with Gasteiger partial charge >= 0.3 is 0 Å².